The number of benzene rings is 1. The summed E-state index contributed by atoms with van der Waals surface area (Å²) < 4.78 is 0. The SMILES string of the molecule is C=C(CC(NCc1ccccc1)C(C)C)C[Si](C)(C)C. The fourth-order valence-corrected chi connectivity index (χ4v) is 4.17. The molecule has 112 valence electrons. The molecule has 0 radical (unpaired) electrons. The summed E-state index contributed by atoms with van der Waals surface area (Å²) in [4.78, 5) is 0. The van der Waals surface area contributed by atoms with Gasteiger partial charge in [-0.1, -0.05) is 69.4 Å². The molecular weight excluding hydrogens is 258 g/mol. The molecule has 0 aliphatic rings. The molecule has 0 saturated heterocycles. The lowest BCUT2D eigenvalue weighted by Crippen LogP contribution is -2.34. The molecule has 1 atom stereocenters. The van der Waals surface area contributed by atoms with Gasteiger partial charge in [-0.3, -0.25) is 0 Å². The zero-order valence-corrected chi connectivity index (χ0v) is 14.9. The molecule has 0 aliphatic carbocycles. The van der Waals surface area contributed by atoms with E-state index in [4.69, 9.17) is 0 Å². The number of hydrogen-bond acceptors (Lipinski definition) is 1. The molecule has 0 spiro atoms. The van der Waals surface area contributed by atoms with Crippen molar-refractivity contribution in [3.05, 3.63) is 48.0 Å². The average molecular weight is 290 g/mol. The summed E-state index contributed by atoms with van der Waals surface area (Å²) in [6.45, 7) is 17.1. The van der Waals surface area contributed by atoms with Gasteiger partial charge in [0.05, 0.1) is 0 Å². The Labute approximate surface area is 126 Å². The van der Waals surface area contributed by atoms with Gasteiger partial charge in [-0.25, -0.2) is 0 Å². The molecule has 2 heteroatoms. The van der Waals surface area contributed by atoms with Gasteiger partial charge in [0.25, 0.3) is 0 Å². The summed E-state index contributed by atoms with van der Waals surface area (Å²) in [5.41, 5.74) is 2.78. The standard InChI is InChI=1S/C18H31NSi/c1-15(2)18(12-16(3)14-20(4,5)6)19-13-17-10-8-7-9-11-17/h7-11,15,18-19H,3,12-14H2,1-2,4-6H3. The van der Waals surface area contributed by atoms with Crippen LogP contribution in [-0.4, -0.2) is 14.1 Å². The summed E-state index contributed by atoms with van der Waals surface area (Å²) in [5, 5.41) is 3.71. The third-order valence-corrected chi connectivity index (χ3v) is 5.07. The Kier molecular flexibility index (Phi) is 6.70. The van der Waals surface area contributed by atoms with Crippen LogP contribution >= 0.6 is 0 Å². The highest BCUT2D eigenvalue weighted by Gasteiger charge is 2.19. The van der Waals surface area contributed by atoms with E-state index in [-0.39, 0.29) is 0 Å². The quantitative estimate of drug-likeness (QED) is 0.519. The highest BCUT2D eigenvalue weighted by Crippen LogP contribution is 2.21. The van der Waals surface area contributed by atoms with Crippen molar-refractivity contribution < 1.29 is 0 Å². The maximum Gasteiger partial charge on any atom is 0.0483 e. The molecule has 0 heterocycles. The molecule has 1 rings (SSSR count). The van der Waals surface area contributed by atoms with Gasteiger partial charge in [-0.15, -0.1) is 6.58 Å². The first-order chi connectivity index (χ1) is 9.28. The van der Waals surface area contributed by atoms with Crippen LogP contribution in [0.3, 0.4) is 0 Å². The van der Waals surface area contributed by atoms with Crippen molar-refractivity contribution in [3.8, 4) is 0 Å². The molecule has 0 aliphatic heterocycles. The van der Waals surface area contributed by atoms with Gasteiger partial charge in [-0.2, -0.15) is 0 Å². The van der Waals surface area contributed by atoms with Crippen molar-refractivity contribution in [1.82, 2.24) is 5.32 Å². The Bertz CT molecular complexity index is 403. The van der Waals surface area contributed by atoms with E-state index in [0.29, 0.717) is 12.0 Å². The summed E-state index contributed by atoms with van der Waals surface area (Å²) in [6.07, 6.45) is 1.11. The largest absolute Gasteiger partial charge is 0.309 e. The molecule has 1 nitrogen and oxygen atoms in total. The van der Waals surface area contributed by atoms with Crippen LogP contribution in [0.15, 0.2) is 42.5 Å². The third kappa shape index (κ3) is 7.06. The molecule has 1 aromatic carbocycles. The van der Waals surface area contributed by atoms with Crippen LogP contribution in [0.5, 0.6) is 0 Å². The lowest BCUT2D eigenvalue weighted by Gasteiger charge is -2.26. The maximum atomic E-state index is 4.31. The summed E-state index contributed by atoms with van der Waals surface area (Å²) >= 11 is 0. The van der Waals surface area contributed by atoms with Gasteiger partial charge in [0.2, 0.25) is 0 Å². The Morgan fingerprint density at radius 1 is 1.15 bits per heavy atom. The molecule has 0 saturated carbocycles. The Morgan fingerprint density at radius 3 is 2.25 bits per heavy atom. The third-order valence-electron chi connectivity index (χ3n) is 3.50. The molecule has 1 unspecified atom stereocenters. The molecule has 1 N–H and O–H groups in total. The van der Waals surface area contributed by atoms with E-state index >= 15 is 0 Å². The minimum Gasteiger partial charge on any atom is -0.309 e. The van der Waals surface area contributed by atoms with Crippen LogP contribution < -0.4 is 5.32 Å². The monoisotopic (exact) mass is 289 g/mol. The van der Waals surface area contributed by atoms with E-state index in [9.17, 15) is 0 Å². The second-order valence-electron chi connectivity index (χ2n) is 7.41. The van der Waals surface area contributed by atoms with Gasteiger partial charge in [0.1, 0.15) is 0 Å². The van der Waals surface area contributed by atoms with Gasteiger partial charge >= 0.3 is 0 Å². The van der Waals surface area contributed by atoms with Crippen LogP contribution in [0.25, 0.3) is 0 Å². The predicted molar refractivity (Wildman–Crippen MR) is 93.8 cm³/mol. The summed E-state index contributed by atoms with van der Waals surface area (Å²) in [7, 11) is -1.04. The van der Waals surface area contributed by atoms with Crippen LogP contribution in [0.2, 0.25) is 25.7 Å². The zero-order valence-electron chi connectivity index (χ0n) is 13.9. The minimum absolute atomic E-state index is 0.527. The molecule has 20 heavy (non-hydrogen) atoms. The zero-order chi connectivity index (χ0) is 15.2. The predicted octanol–water partition coefficient (Wildman–Crippen LogP) is 5.09. The molecule has 0 fully saturated rings. The van der Waals surface area contributed by atoms with Crippen LogP contribution in [0.4, 0.5) is 0 Å². The van der Waals surface area contributed by atoms with Gasteiger partial charge < -0.3 is 5.32 Å². The second-order valence-corrected chi connectivity index (χ2v) is 12.9. The topological polar surface area (TPSA) is 12.0 Å². The molecule has 0 amide bonds. The van der Waals surface area contributed by atoms with Crippen molar-refractivity contribution >= 4 is 8.07 Å². The molecular formula is C18H31NSi. The summed E-state index contributed by atoms with van der Waals surface area (Å²) in [5.74, 6) is 0.636. The number of hydrogen-bond donors (Lipinski definition) is 1. The lowest BCUT2D eigenvalue weighted by molar-refractivity contribution is 0.394. The highest BCUT2D eigenvalue weighted by atomic mass is 28.3. The second kappa shape index (κ2) is 7.80. The number of rotatable bonds is 8. The van der Waals surface area contributed by atoms with Crippen LogP contribution in [-0.2, 0) is 6.54 Å². The summed E-state index contributed by atoms with van der Waals surface area (Å²) in [6, 6.07) is 12.4. The normalized spacial score (nSPS) is 13.5. The van der Waals surface area contributed by atoms with Crippen molar-refractivity contribution in [1.29, 1.82) is 0 Å². The van der Waals surface area contributed by atoms with E-state index in [0.717, 1.165) is 13.0 Å². The van der Waals surface area contributed by atoms with Crippen molar-refractivity contribution in [3.63, 3.8) is 0 Å². The van der Waals surface area contributed by atoms with E-state index in [1.807, 2.05) is 0 Å². The van der Waals surface area contributed by atoms with Crippen LogP contribution in [0, 0.1) is 5.92 Å². The van der Waals surface area contributed by atoms with Crippen molar-refractivity contribution in [2.45, 2.75) is 58.5 Å². The lowest BCUT2D eigenvalue weighted by atomic mass is 9.97. The Morgan fingerprint density at radius 2 is 1.75 bits per heavy atom. The molecule has 1 aromatic rings. The maximum absolute atomic E-state index is 4.31. The van der Waals surface area contributed by atoms with E-state index in [1.54, 1.807) is 0 Å². The van der Waals surface area contributed by atoms with E-state index < -0.39 is 8.07 Å². The minimum atomic E-state index is -1.04. The smallest absolute Gasteiger partial charge is 0.0483 e. The first kappa shape index (κ1) is 17.2. The van der Waals surface area contributed by atoms with Crippen LogP contribution in [0.1, 0.15) is 25.8 Å². The fourth-order valence-electron chi connectivity index (χ4n) is 2.52. The first-order valence-electron chi connectivity index (χ1n) is 7.72. The van der Waals surface area contributed by atoms with Gasteiger partial charge in [-0.05, 0) is 23.9 Å². The fraction of sp³-hybridized carbons (Fsp3) is 0.556. The van der Waals surface area contributed by atoms with Gasteiger partial charge in [0, 0.05) is 20.7 Å². The molecule has 0 bridgehead atoms. The number of nitrogens with one attached hydrogen (secondary N) is 1. The first-order valence-corrected chi connectivity index (χ1v) is 11.4. The molecule has 0 aromatic heterocycles. The van der Waals surface area contributed by atoms with Crippen molar-refractivity contribution in [2.75, 3.05) is 0 Å². The van der Waals surface area contributed by atoms with E-state index in [1.165, 1.54) is 17.2 Å². The highest BCUT2D eigenvalue weighted by molar-refractivity contribution is 6.76. The van der Waals surface area contributed by atoms with E-state index in [2.05, 4.69) is 75.7 Å². The average Bonchev–Trinajstić information content (AvgIpc) is 2.33. The van der Waals surface area contributed by atoms with Gasteiger partial charge in [0.15, 0.2) is 0 Å². The Balaban J connectivity index is 2.51. The van der Waals surface area contributed by atoms with Crippen molar-refractivity contribution in [2.24, 2.45) is 5.92 Å². The Hall–Kier alpha value is -0.863.